The Hall–Kier alpha value is -2.04. The molecule has 90 valence electrons. The number of carbonyl (C=O) groups is 1. The van der Waals surface area contributed by atoms with Gasteiger partial charge in [-0.1, -0.05) is 0 Å². The fourth-order valence-electron chi connectivity index (χ4n) is 2.00. The number of hydrogen-bond donors (Lipinski definition) is 1. The Balaban J connectivity index is 2.18. The zero-order valence-electron chi connectivity index (χ0n) is 9.92. The summed E-state index contributed by atoms with van der Waals surface area (Å²) in [4.78, 5) is 15.0. The van der Waals surface area contributed by atoms with E-state index in [9.17, 15) is 4.79 Å². The Morgan fingerprint density at radius 1 is 1.41 bits per heavy atom. The number of carboxylic acid groups (broad SMARTS) is 1. The van der Waals surface area contributed by atoms with E-state index in [0.29, 0.717) is 5.56 Å². The molecule has 0 amide bonds. The topological polar surface area (TPSA) is 60.0 Å². The molecule has 2 rings (SSSR count). The molecule has 0 spiro atoms. The first-order valence-electron chi connectivity index (χ1n) is 5.45. The molecule has 0 fully saturated rings. The van der Waals surface area contributed by atoms with Crippen molar-refractivity contribution in [1.29, 1.82) is 0 Å². The molecule has 0 aliphatic heterocycles. The number of aromatic carboxylic acids is 1. The van der Waals surface area contributed by atoms with Gasteiger partial charge in [-0.2, -0.15) is 0 Å². The summed E-state index contributed by atoms with van der Waals surface area (Å²) in [7, 11) is 0. The van der Waals surface area contributed by atoms with Gasteiger partial charge in [0, 0.05) is 36.9 Å². The quantitative estimate of drug-likeness (QED) is 0.874. The van der Waals surface area contributed by atoms with E-state index in [-0.39, 0.29) is 0 Å². The van der Waals surface area contributed by atoms with Crippen LogP contribution in [0, 0.1) is 13.8 Å². The molecular weight excluding hydrogens is 218 g/mol. The second kappa shape index (κ2) is 4.45. The standard InChI is InChI=1S/C12H15N3O2/c1-9-7-11(12(16)17)10(2)15(9)6-5-14-4-3-13-8-14/h3-4,7-8H,5-6H2,1-2H3,(H,16,17). The van der Waals surface area contributed by atoms with Gasteiger partial charge in [-0.25, -0.2) is 9.78 Å². The first-order chi connectivity index (χ1) is 8.09. The van der Waals surface area contributed by atoms with Crippen molar-refractivity contribution in [3.63, 3.8) is 0 Å². The lowest BCUT2D eigenvalue weighted by Gasteiger charge is -2.09. The molecule has 0 aliphatic rings. The first-order valence-corrected chi connectivity index (χ1v) is 5.45. The fourth-order valence-corrected chi connectivity index (χ4v) is 2.00. The summed E-state index contributed by atoms with van der Waals surface area (Å²) in [6.07, 6.45) is 5.39. The van der Waals surface area contributed by atoms with Gasteiger partial charge in [0.1, 0.15) is 0 Å². The minimum absolute atomic E-state index is 0.383. The van der Waals surface area contributed by atoms with E-state index < -0.39 is 5.97 Å². The average molecular weight is 233 g/mol. The van der Waals surface area contributed by atoms with Crippen molar-refractivity contribution >= 4 is 5.97 Å². The van der Waals surface area contributed by atoms with E-state index >= 15 is 0 Å². The molecule has 0 atom stereocenters. The highest BCUT2D eigenvalue weighted by Crippen LogP contribution is 2.15. The minimum Gasteiger partial charge on any atom is -0.478 e. The largest absolute Gasteiger partial charge is 0.478 e. The van der Waals surface area contributed by atoms with Crippen LogP contribution in [-0.4, -0.2) is 25.2 Å². The smallest absolute Gasteiger partial charge is 0.337 e. The van der Waals surface area contributed by atoms with E-state index in [1.54, 1.807) is 18.6 Å². The summed E-state index contributed by atoms with van der Waals surface area (Å²) in [6.45, 7) is 5.30. The molecule has 1 N–H and O–H groups in total. The van der Waals surface area contributed by atoms with Crippen LogP contribution in [0.25, 0.3) is 0 Å². The number of aryl methyl sites for hydroxylation is 2. The van der Waals surface area contributed by atoms with Crippen LogP contribution in [0.4, 0.5) is 0 Å². The highest BCUT2D eigenvalue weighted by atomic mass is 16.4. The lowest BCUT2D eigenvalue weighted by molar-refractivity contribution is 0.0696. The van der Waals surface area contributed by atoms with Gasteiger partial charge in [-0.3, -0.25) is 0 Å². The lowest BCUT2D eigenvalue weighted by atomic mass is 10.2. The molecule has 5 nitrogen and oxygen atoms in total. The average Bonchev–Trinajstić information content (AvgIpc) is 2.86. The van der Waals surface area contributed by atoms with Gasteiger partial charge in [0.05, 0.1) is 11.9 Å². The number of rotatable bonds is 4. The van der Waals surface area contributed by atoms with Gasteiger partial charge >= 0.3 is 5.97 Å². The van der Waals surface area contributed by atoms with Gasteiger partial charge in [0.25, 0.3) is 0 Å². The van der Waals surface area contributed by atoms with Crippen molar-refractivity contribution in [1.82, 2.24) is 14.1 Å². The summed E-state index contributed by atoms with van der Waals surface area (Å²) in [6, 6.07) is 1.71. The van der Waals surface area contributed by atoms with Gasteiger partial charge in [0.15, 0.2) is 0 Å². The number of aromatic nitrogens is 3. The third-order valence-electron chi connectivity index (χ3n) is 2.95. The normalized spacial score (nSPS) is 10.7. The summed E-state index contributed by atoms with van der Waals surface area (Å²) >= 11 is 0. The van der Waals surface area contributed by atoms with E-state index in [2.05, 4.69) is 4.98 Å². The van der Waals surface area contributed by atoms with Gasteiger partial charge in [-0.15, -0.1) is 0 Å². The number of carboxylic acids is 1. The monoisotopic (exact) mass is 233 g/mol. The maximum Gasteiger partial charge on any atom is 0.337 e. The summed E-state index contributed by atoms with van der Waals surface area (Å²) in [5.74, 6) is -0.869. The highest BCUT2D eigenvalue weighted by molar-refractivity contribution is 5.89. The minimum atomic E-state index is -0.869. The molecule has 0 aliphatic carbocycles. The highest BCUT2D eigenvalue weighted by Gasteiger charge is 2.13. The molecule has 17 heavy (non-hydrogen) atoms. The van der Waals surface area contributed by atoms with Crippen molar-refractivity contribution < 1.29 is 9.90 Å². The maximum atomic E-state index is 11.0. The van der Waals surface area contributed by atoms with Crippen molar-refractivity contribution in [3.05, 3.63) is 41.7 Å². The van der Waals surface area contributed by atoms with Crippen LogP contribution in [0.5, 0.6) is 0 Å². The molecule has 0 radical (unpaired) electrons. The van der Waals surface area contributed by atoms with Crippen LogP contribution in [0.1, 0.15) is 21.7 Å². The molecule has 0 aromatic carbocycles. The summed E-state index contributed by atoms with van der Waals surface area (Å²) in [5.41, 5.74) is 2.16. The second-order valence-electron chi connectivity index (χ2n) is 4.04. The van der Waals surface area contributed by atoms with E-state index in [4.69, 9.17) is 5.11 Å². The summed E-state index contributed by atoms with van der Waals surface area (Å²) in [5, 5.41) is 9.03. The number of imidazole rings is 1. The molecule has 2 aromatic heterocycles. The Labute approximate surface area is 99.3 Å². The maximum absolute atomic E-state index is 11.0. The zero-order chi connectivity index (χ0) is 12.4. The third kappa shape index (κ3) is 2.22. The molecule has 2 heterocycles. The van der Waals surface area contributed by atoms with E-state index in [0.717, 1.165) is 24.5 Å². The second-order valence-corrected chi connectivity index (χ2v) is 4.04. The molecular formula is C12H15N3O2. The molecule has 5 heteroatoms. The van der Waals surface area contributed by atoms with Crippen molar-refractivity contribution in [3.8, 4) is 0 Å². The molecule has 0 saturated heterocycles. The Bertz CT molecular complexity index is 526. The molecule has 0 saturated carbocycles. The van der Waals surface area contributed by atoms with Crippen molar-refractivity contribution in [2.45, 2.75) is 26.9 Å². The summed E-state index contributed by atoms with van der Waals surface area (Å²) < 4.78 is 3.99. The van der Waals surface area contributed by atoms with Crippen molar-refractivity contribution in [2.24, 2.45) is 0 Å². The molecule has 2 aromatic rings. The van der Waals surface area contributed by atoms with Crippen molar-refractivity contribution in [2.75, 3.05) is 0 Å². The number of hydrogen-bond acceptors (Lipinski definition) is 2. The van der Waals surface area contributed by atoms with Crippen LogP contribution in [0.3, 0.4) is 0 Å². The van der Waals surface area contributed by atoms with E-state index in [1.165, 1.54) is 0 Å². The third-order valence-corrected chi connectivity index (χ3v) is 2.95. The van der Waals surface area contributed by atoms with E-state index in [1.807, 2.05) is 29.2 Å². The van der Waals surface area contributed by atoms with Crippen LogP contribution >= 0.6 is 0 Å². The predicted octanol–water partition coefficient (Wildman–Crippen LogP) is 1.70. The SMILES string of the molecule is Cc1cc(C(=O)O)c(C)n1CCn1ccnc1. The Morgan fingerprint density at radius 2 is 2.18 bits per heavy atom. The van der Waals surface area contributed by atoms with Crippen LogP contribution in [-0.2, 0) is 13.1 Å². The van der Waals surface area contributed by atoms with Gasteiger partial charge < -0.3 is 14.2 Å². The lowest BCUT2D eigenvalue weighted by Crippen LogP contribution is -2.09. The van der Waals surface area contributed by atoms with Gasteiger partial charge in [-0.05, 0) is 19.9 Å². The molecule has 0 bridgehead atoms. The fraction of sp³-hybridized carbons (Fsp3) is 0.333. The predicted molar refractivity (Wildman–Crippen MR) is 63.1 cm³/mol. The molecule has 0 unspecified atom stereocenters. The van der Waals surface area contributed by atoms with Gasteiger partial charge in [0.2, 0.25) is 0 Å². The number of nitrogens with zero attached hydrogens (tertiary/aromatic N) is 3. The van der Waals surface area contributed by atoms with Crippen LogP contribution < -0.4 is 0 Å². The Kier molecular flexibility index (Phi) is 2.99. The van der Waals surface area contributed by atoms with Crippen LogP contribution in [0.2, 0.25) is 0 Å². The first kappa shape index (κ1) is 11.4. The zero-order valence-corrected chi connectivity index (χ0v) is 9.92. The Morgan fingerprint density at radius 3 is 2.71 bits per heavy atom. The van der Waals surface area contributed by atoms with Crippen LogP contribution in [0.15, 0.2) is 24.8 Å².